The molecule has 1 saturated heterocycles. The van der Waals surface area contributed by atoms with Crippen molar-refractivity contribution < 1.29 is 9.18 Å². The minimum Gasteiger partial charge on any atom is -0.344 e. The number of benzene rings is 2. The van der Waals surface area contributed by atoms with Gasteiger partial charge in [0, 0.05) is 67.5 Å². The molecule has 6 heteroatoms. The maximum absolute atomic E-state index is 13.1. The van der Waals surface area contributed by atoms with E-state index in [-0.39, 0.29) is 11.7 Å². The minimum atomic E-state index is -0.196. The second kappa shape index (κ2) is 11.6. The fourth-order valence-electron chi connectivity index (χ4n) is 4.89. The molecule has 4 rings (SSSR count). The zero-order chi connectivity index (χ0) is 24.8. The van der Waals surface area contributed by atoms with Crippen molar-refractivity contribution in [3.05, 3.63) is 77.2 Å². The standard InChI is InChI=1S/C29H37FN4O/c1-23-26(27-7-4-5-8-28(27)34(23)17-6-16-31(2)3)13-14-29(35)33-21-19-32(20-22-33)18-15-24-9-11-25(30)12-10-24/h4-5,7-14H,6,15-22H2,1-3H3/b14-13+. The number of piperazine rings is 1. The van der Waals surface area contributed by atoms with Crippen molar-refractivity contribution in [1.29, 1.82) is 0 Å². The molecule has 0 unspecified atom stereocenters. The number of halogens is 1. The second-order valence-corrected chi connectivity index (χ2v) is 9.70. The summed E-state index contributed by atoms with van der Waals surface area (Å²) in [5, 5.41) is 1.20. The number of aryl methyl sites for hydroxylation is 1. The second-order valence-electron chi connectivity index (χ2n) is 9.70. The Morgan fingerprint density at radius 3 is 2.43 bits per heavy atom. The summed E-state index contributed by atoms with van der Waals surface area (Å²) in [5.74, 6) is -0.120. The predicted octanol–water partition coefficient (Wildman–Crippen LogP) is 4.44. The molecule has 0 atom stereocenters. The number of carbonyl (C=O) groups is 1. The minimum absolute atomic E-state index is 0.0759. The molecule has 0 radical (unpaired) electrons. The number of para-hydroxylation sites is 1. The summed E-state index contributed by atoms with van der Waals surface area (Å²) in [6, 6.07) is 15.2. The zero-order valence-corrected chi connectivity index (χ0v) is 21.2. The number of rotatable bonds is 9. The van der Waals surface area contributed by atoms with E-state index < -0.39 is 0 Å². The molecule has 0 bridgehead atoms. The van der Waals surface area contributed by atoms with Gasteiger partial charge in [0.05, 0.1) is 0 Å². The molecule has 35 heavy (non-hydrogen) atoms. The molecule has 0 saturated carbocycles. The smallest absolute Gasteiger partial charge is 0.246 e. The molecule has 1 aliphatic rings. The van der Waals surface area contributed by atoms with Gasteiger partial charge in [-0.2, -0.15) is 0 Å². The summed E-state index contributed by atoms with van der Waals surface area (Å²) in [6.07, 6.45) is 5.72. The van der Waals surface area contributed by atoms with E-state index in [0.717, 1.165) is 69.8 Å². The Bertz CT molecular complexity index is 1160. The van der Waals surface area contributed by atoms with Crippen LogP contribution in [0.4, 0.5) is 4.39 Å². The lowest BCUT2D eigenvalue weighted by Gasteiger charge is -2.34. The molecule has 1 aliphatic heterocycles. The first-order chi connectivity index (χ1) is 16.9. The molecule has 186 valence electrons. The van der Waals surface area contributed by atoms with Crippen LogP contribution < -0.4 is 0 Å². The maximum atomic E-state index is 13.1. The number of hydrogen-bond acceptors (Lipinski definition) is 3. The van der Waals surface area contributed by atoms with Gasteiger partial charge in [0.25, 0.3) is 0 Å². The molecular formula is C29H37FN4O. The summed E-state index contributed by atoms with van der Waals surface area (Å²) in [4.78, 5) is 19.5. The molecule has 0 N–H and O–H groups in total. The van der Waals surface area contributed by atoms with Crippen LogP contribution in [-0.2, 0) is 17.8 Å². The van der Waals surface area contributed by atoms with Gasteiger partial charge in [0.15, 0.2) is 0 Å². The van der Waals surface area contributed by atoms with Crippen molar-refractivity contribution in [2.24, 2.45) is 0 Å². The zero-order valence-electron chi connectivity index (χ0n) is 21.2. The van der Waals surface area contributed by atoms with E-state index in [9.17, 15) is 9.18 Å². The predicted molar refractivity (Wildman–Crippen MR) is 142 cm³/mol. The Kier molecular flexibility index (Phi) is 8.37. The largest absolute Gasteiger partial charge is 0.344 e. The Labute approximate surface area is 208 Å². The third kappa shape index (κ3) is 6.38. The number of fused-ring (bicyclic) bond motifs is 1. The van der Waals surface area contributed by atoms with E-state index >= 15 is 0 Å². The molecule has 1 aromatic heterocycles. The van der Waals surface area contributed by atoms with Crippen LogP contribution >= 0.6 is 0 Å². The van der Waals surface area contributed by atoms with Crippen molar-refractivity contribution in [1.82, 2.24) is 19.3 Å². The lowest BCUT2D eigenvalue weighted by Crippen LogP contribution is -2.48. The van der Waals surface area contributed by atoms with Crippen molar-refractivity contribution in [3.63, 3.8) is 0 Å². The quantitative estimate of drug-likeness (QED) is 0.428. The van der Waals surface area contributed by atoms with Gasteiger partial charge in [0.1, 0.15) is 5.82 Å². The number of nitrogens with zero attached hydrogens (tertiary/aromatic N) is 4. The van der Waals surface area contributed by atoms with Gasteiger partial charge >= 0.3 is 0 Å². The lowest BCUT2D eigenvalue weighted by molar-refractivity contribution is -0.127. The molecule has 2 aromatic carbocycles. The van der Waals surface area contributed by atoms with Crippen LogP contribution in [0.5, 0.6) is 0 Å². The molecule has 0 spiro atoms. The van der Waals surface area contributed by atoms with Gasteiger partial charge in [-0.1, -0.05) is 30.3 Å². The maximum Gasteiger partial charge on any atom is 0.246 e. The first-order valence-electron chi connectivity index (χ1n) is 12.6. The van der Waals surface area contributed by atoms with E-state index in [4.69, 9.17) is 0 Å². The van der Waals surface area contributed by atoms with Crippen LogP contribution in [0.1, 0.15) is 23.2 Å². The van der Waals surface area contributed by atoms with Crippen LogP contribution in [0.3, 0.4) is 0 Å². The Morgan fingerprint density at radius 1 is 1.00 bits per heavy atom. The monoisotopic (exact) mass is 476 g/mol. The van der Waals surface area contributed by atoms with Crippen molar-refractivity contribution in [2.75, 3.05) is 53.4 Å². The Morgan fingerprint density at radius 2 is 1.71 bits per heavy atom. The fourth-order valence-corrected chi connectivity index (χ4v) is 4.89. The number of aromatic nitrogens is 1. The molecule has 1 amide bonds. The highest BCUT2D eigenvalue weighted by Gasteiger charge is 2.20. The highest BCUT2D eigenvalue weighted by atomic mass is 19.1. The SMILES string of the molecule is Cc1c(/C=C/C(=O)N2CCN(CCc3ccc(F)cc3)CC2)c2ccccc2n1CCCN(C)C. The van der Waals surface area contributed by atoms with Crippen LogP contribution in [0, 0.1) is 12.7 Å². The van der Waals surface area contributed by atoms with Gasteiger partial charge in [-0.15, -0.1) is 0 Å². The van der Waals surface area contributed by atoms with E-state index in [1.807, 2.05) is 23.1 Å². The summed E-state index contributed by atoms with van der Waals surface area (Å²) in [5.41, 5.74) is 4.71. The molecule has 2 heterocycles. The van der Waals surface area contributed by atoms with Gasteiger partial charge in [-0.25, -0.2) is 4.39 Å². The normalized spacial score (nSPS) is 15.1. The molecule has 1 fully saturated rings. The first-order valence-corrected chi connectivity index (χ1v) is 12.6. The third-order valence-electron chi connectivity index (χ3n) is 6.97. The van der Waals surface area contributed by atoms with E-state index in [2.05, 4.69) is 59.7 Å². The topological polar surface area (TPSA) is 31.7 Å². The van der Waals surface area contributed by atoms with Crippen LogP contribution in [0.15, 0.2) is 54.6 Å². The van der Waals surface area contributed by atoms with Crippen molar-refractivity contribution in [3.8, 4) is 0 Å². The van der Waals surface area contributed by atoms with E-state index in [1.165, 1.54) is 28.7 Å². The van der Waals surface area contributed by atoms with Crippen molar-refractivity contribution in [2.45, 2.75) is 26.3 Å². The van der Waals surface area contributed by atoms with Crippen molar-refractivity contribution >= 4 is 22.9 Å². The van der Waals surface area contributed by atoms with Gasteiger partial charge in [0.2, 0.25) is 5.91 Å². The summed E-state index contributed by atoms with van der Waals surface area (Å²) in [6.45, 7) is 8.29. The van der Waals surface area contributed by atoms with Gasteiger partial charge < -0.3 is 14.4 Å². The Balaban J connectivity index is 1.35. The van der Waals surface area contributed by atoms with Gasteiger partial charge in [-0.3, -0.25) is 9.69 Å². The third-order valence-corrected chi connectivity index (χ3v) is 6.97. The lowest BCUT2D eigenvalue weighted by atomic mass is 10.1. The van der Waals surface area contributed by atoms with Crippen LogP contribution in [0.25, 0.3) is 17.0 Å². The highest BCUT2D eigenvalue weighted by molar-refractivity contribution is 5.97. The number of hydrogen-bond donors (Lipinski definition) is 0. The number of carbonyl (C=O) groups excluding carboxylic acids is 1. The van der Waals surface area contributed by atoms with E-state index in [0.29, 0.717) is 0 Å². The summed E-state index contributed by atoms with van der Waals surface area (Å²) in [7, 11) is 4.21. The van der Waals surface area contributed by atoms with Gasteiger partial charge in [-0.05, 0) is 70.2 Å². The van der Waals surface area contributed by atoms with Crippen LogP contribution in [0.2, 0.25) is 0 Å². The molecular weight excluding hydrogens is 439 g/mol. The molecule has 5 nitrogen and oxygen atoms in total. The summed E-state index contributed by atoms with van der Waals surface area (Å²) < 4.78 is 15.5. The average Bonchev–Trinajstić information content (AvgIpc) is 3.13. The van der Waals surface area contributed by atoms with E-state index in [1.54, 1.807) is 6.08 Å². The summed E-state index contributed by atoms with van der Waals surface area (Å²) >= 11 is 0. The molecule has 3 aromatic rings. The first kappa shape index (κ1) is 25.1. The average molecular weight is 477 g/mol. The Hall–Kier alpha value is -2.96. The number of amides is 1. The fraction of sp³-hybridized carbons (Fsp3) is 0.414. The molecule has 0 aliphatic carbocycles. The highest BCUT2D eigenvalue weighted by Crippen LogP contribution is 2.27. The van der Waals surface area contributed by atoms with Crippen LogP contribution in [-0.4, -0.2) is 78.5 Å².